The predicted octanol–water partition coefficient (Wildman–Crippen LogP) is 2.60. The van der Waals surface area contributed by atoms with Gasteiger partial charge in [-0.15, -0.1) is 0 Å². The van der Waals surface area contributed by atoms with E-state index in [-0.39, 0.29) is 11.3 Å². The van der Waals surface area contributed by atoms with Crippen LogP contribution in [-0.4, -0.2) is 24.8 Å². The Morgan fingerprint density at radius 3 is 2.52 bits per heavy atom. The lowest BCUT2D eigenvalue weighted by Crippen LogP contribution is -2.07. The molecule has 0 aliphatic rings. The van der Waals surface area contributed by atoms with Crippen LogP contribution in [0.3, 0.4) is 0 Å². The van der Waals surface area contributed by atoms with Gasteiger partial charge in [-0.1, -0.05) is 30.3 Å². The zero-order chi connectivity index (χ0) is 15.2. The standard InChI is InChI=1S/C16H17NO4/c1-20-14-10-13(17)12(16(18)19)9-15(14)21-8-7-11-5-3-2-4-6-11/h2-6,9-10H,7-8,17H2,1H3,(H,18,19). The molecule has 5 nitrogen and oxygen atoms in total. The lowest BCUT2D eigenvalue weighted by molar-refractivity contribution is 0.0697. The van der Waals surface area contributed by atoms with Crippen LogP contribution in [0.25, 0.3) is 0 Å². The Bertz CT molecular complexity index is 626. The van der Waals surface area contributed by atoms with Gasteiger partial charge in [0.05, 0.1) is 25.0 Å². The monoisotopic (exact) mass is 287 g/mol. The topological polar surface area (TPSA) is 81.8 Å². The van der Waals surface area contributed by atoms with Gasteiger partial charge in [-0.2, -0.15) is 0 Å². The molecule has 0 aromatic heterocycles. The maximum Gasteiger partial charge on any atom is 0.337 e. The van der Waals surface area contributed by atoms with Gasteiger partial charge in [-0.3, -0.25) is 0 Å². The fourth-order valence-corrected chi connectivity index (χ4v) is 1.96. The van der Waals surface area contributed by atoms with Crippen LogP contribution >= 0.6 is 0 Å². The van der Waals surface area contributed by atoms with E-state index in [9.17, 15) is 4.79 Å². The van der Waals surface area contributed by atoms with Gasteiger partial charge < -0.3 is 20.3 Å². The molecule has 0 amide bonds. The Labute approximate surface area is 122 Å². The number of nitrogens with two attached hydrogens (primary N) is 1. The van der Waals surface area contributed by atoms with Crippen LogP contribution in [0.15, 0.2) is 42.5 Å². The van der Waals surface area contributed by atoms with Gasteiger partial charge >= 0.3 is 5.97 Å². The van der Waals surface area contributed by atoms with Crippen molar-refractivity contribution in [2.45, 2.75) is 6.42 Å². The third-order valence-corrected chi connectivity index (χ3v) is 3.06. The molecule has 0 bridgehead atoms. The molecule has 0 unspecified atom stereocenters. The van der Waals surface area contributed by atoms with Crippen molar-refractivity contribution >= 4 is 11.7 Å². The summed E-state index contributed by atoms with van der Waals surface area (Å²) in [6.07, 6.45) is 0.719. The van der Waals surface area contributed by atoms with Crippen molar-refractivity contribution in [1.29, 1.82) is 0 Å². The van der Waals surface area contributed by atoms with Crippen molar-refractivity contribution < 1.29 is 19.4 Å². The van der Waals surface area contributed by atoms with Crippen molar-refractivity contribution in [2.75, 3.05) is 19.5 Å². The largest absolute Gasteiger partial charge is 0.493 e. The minimum absolute atomic E-state index is 0.00510. The van der Waals surface area contributed by atoms with Crippen molar-refractivity contribution in [3.05, 3.63) is 53.6 Å². The van der Waals surface area contributed by atoms with E-state index in [0.717, 1.165) is 12.0 Å². The second-order valence-electron chi connectivity index (χ2n) is 4.48. The van der Waals surface area contributed by atoms with E-state index in [1.165, 1.54) is 19.2 Å². The number of aromatic carboxylic acids is 1. The number of carboxylic acids is 1. The first-order valence-corrected chi connectivity index (χ1v) is 6.49. The van der Waals surface area contributed by atoms with Crippen molar-refractivity contribution in [3.8, 4) is 11.5 Å². The molecule has 0 fully saturated rings. The van der Waals surface area contributed by atoms with Crippen LogP contribution in [0.2, 0.25) is 0 Å². The molecule has 0 aliphatic carbocycles. The molecule has 21 heavy (non-hydrogen) atoms. The molecule has 0 radical (unpaired) electrons. The van der Waals surface area contributed by atoms with Crippen LogP contribution in [0.1, 0.15) is 15.9 Å². The predicted molar refractivity (Wildman–Crippen MR) is 80.0 cm³/mol. The molecule has 2 aromatic carbocycles. The average molecular weight is 287 g/mol. The molecule has 5 heteroatoms. The summed E-state index contributed by atoms with van der Waals surface area (Å²) in [6.45, 7) is 0.420. The highest BCUT2D eigenvalue weighted by molar-refractivity contribution is 5.94. The van der Waals surface area contributed by atoms with Gasteiger partial charge in [0.15, 0.2) is 11.5 Å². The van der Waals surface area contributed by atoms with Crippen LogP contribution in [0, 0.1) is 0 Å². The van der Waals surface area contributed by atoms with Gasteiger partial charge in [0.25, 0.3) is 0 Å². The Kier molecular flexibility index (Phi) is 4.66. The summed E-state index contributed by atoms with van der Waals surface area (Å²) in [6, 6.07) is 12.7. The van der Waals surface area contributed by atoms with Gasteiger partial charge in [0, 0.05) is 18.6 Å². The Morgan fingerprint density at radius 2 is 1.90 bits per heavy atom. The Hall–Kier alpha value is -2.69. The number of anilines is 1. The number of ether oxygens (including phenoxy) is 2. The number of rotatable bonds is 6. The molecule has 0 spiro atoms. The summed E-state index contributed by atoms with van der Waals surface area (Å²) < 4.78 is 10.8. The second kappa shape index (κ2) is 6.65. The first-order chi connectivity index (χ1) is 10.1. The van der Waals surface area contributed by atoms with E-state index in [1.54, 1.807) is 0 Å². The molecule has 0 heterocycles. The number of carbonyl (C=O) groups is 1. The number of carboxylic acid groups (broad SMARTS) is 1. The number of benzene rings is 2. The highest BCUT2D eigenvalue weighted by atomic mass is 16.5. The second-order valence-corrected chi connectivity index (χ2v) is 4.48. The van der Waals surface area contributed by atoms with E-state index in [1.807, 2.05) is 30.3 Å². The highest BCUT2D eigenvalue weighted by Gasteiger charge is 2.14. The summed E-state index contributed by atoms with van der Waals surface area (Å²) in [4.78, 5) is 11.1. The lowest BCUT2D eigenvalue weighted by atomic mass is 10.1. The molecule has 2 rings (SSSR count). The SMILES string of the molecule is COc1cc(N)c(C(=O)O)cc1OCCc1ccccc1. The summed E-state index contributed by atoms with van der Waals surface area (Å²) in [5, 5.41) is 9.08. The van der Waals surface area contributed by atoms with Crippen LogP contribution < -0.4 is 15.2 Å². The molecule has 3 N–H and O–H groups in total. The average Bonchev–Trinajstić information content (AvgIpc) is 2.49. The fourth-order valence-electron chi connectivity index (χ4n) is 1.96. The lowest BCUT2D eigenvalue weighted by Gasteiger charge is -2.13. The minimum Gasteiger partial charge on any atom is -0.493 e. The van der Waals surface area contributed by atoms with E-state index in [2.05, 4.69) is 0 Å². The maximum atomic E-state index is 11.1. The third-order valence-electron chi connectivity index (χ3n) is 3.06. The smallest absolute Gasteiger partial charge is 0.337 e. The van der Waals surface area contributed by atoms with E-state index < -0.39 is 5.97 Å². The summed E-state index contributed by atoms with van der Waals surface area (Å²) in [5.74, 6) is -0.298. The molecule has 0 saturated carbocycles. The first kappa shape index (κ1) is 14.7. The van der Waals surface area contributed by atoms with Gasteiger partial charge in [-0.05, 0) is 5.56 Å². The number of hydrogen-bond acceptors (Lipinski definition) is 4. The maximum absolute atomic E-state index is 11.1. The molecule has 110 valence electrons. The van der Waals surface area contributed by atoms with Crippen molar-refractivity contribution in [2.24, 2.45) is 0 Å². The summed E-state index contributed by atoms with van der Waals surface area (Å²) in [7, 11) is 1.49. The van der Waals surface area contributed by atoms with Gasteiger partial charge in [-0.25, -0.2) is 4.79 Å². The fraction of sp³-hybridized carbons (Fsp3) is 0.188. The minimum atomic E-state index is -1.09. The van der Waals surface area contributed by atoms with E-state index in [0.29, 0.717) is 18.1 Å². The summed E-state index contributed by atoms with van der Waals surface area (Å²) >= 11 is 0. The van der Waals surface area contributed by atoms with E-state index in [4.69, 9.17) is 20.3 Å². The van der Waals surface area contributed by atoms with Gasteiger partial charge in [0.1, 0.15) is 0 Å². The Balaban J connectivity index is 2.11. The first-order valence-electron chi connectivity index (χ1n) is 6.49. The molecule has 2 aromatic rings. The molecular weight excluding hydrogens is 270 g/mol. The van der Waals surface area contributed by atoms with E-state index >= 15 is 0 Å². The number of methoxy groups -OCH3 is 1. The molecule has 0 aliphatic heterocycles. The number of nitrogen functional groups attached to an aromatic ring is 1. The zero-order valence-corrected chi connectivity index (χ0v) is 11.7. The molecule has 0 saturated heterocycles. The molecule has 0 atom stereocenters. The molecular formula is C16H17NO4. The van der Waals surface area contributed by atoms with Crippen LogP contribution in [0.5, 0.6) is 11.5 Å². The van der Waals surface area contributed by atoms with Crippen molar-refractivity contribution in [3.63, 3.8) is 0 Å². The summed E-state index contributed by atoms with van der Waals surface area (Å²) in [5.41, 5.74) is 6.97. The number of hydrogen-bond donors (Lipinski definition) is 2. The van der Waals surface area contributed by atoms with Crippen LogP contribution in [-0.2, 0) is 6.42 Å². The quantitative estimate of drug-likeness (QED) is 0.798. The van der Waals surface area contributed by atoms with Crippen molar-refractivity contribution in [1.82, 2.24) is 0 Å². The third kappa shape index (κ3) is 3.66. The highest BCUT2D eigenvalue weighted by Crippen LogP contribution is 2.32. The zero-order valence-electron chi connectivity index (χ0n) is 11.7. The normalized spacial score (nSPS) is 10.1. The van der Waals surface area contributed by atoms with Crippen LogP contribution in [0.4, 0.5) is 5.69 Å². The van der Waals surface area contributed by atoms with Gasteiger partial charge in [0.2, 0.25) is 0 Å². The Morgan fingerprint density at radius 1 is 1.19 bits per heavy atom.